The number of carbonyl (C=O) groups excluding carboxylic acids is 3. The number of esters is 2. The monoisotopic (exact) mass is 685 g/mol. The minimum absolute atomic E-state index is 0.0201. The van der Waals surface area contributed by atoms with Crippen LogP contribution >= 0.6 is 23.1 Å². The van der Waals surface area contributed by atoms with Crippen LogP contribution in [0.15, 0.2) is 62.5 Å². The lowest BCUT2D eigenvalue weighted by atomic mass is 9.98. The Hall–Kier alpha value is -3.93. The summed E-state index contributed by atoms with van der Waals surface area (Å²) in [6.07, 6.45) is -3.10. The molecule has 7 N–H and O–H groups in total. The van der Waals surface area contributed by atoms with Crippen LogP contribution < -0.4 is 22.1 Å². The van der Waals surface area contributed by atoms with Gasteiger partial charge in [-0.15, -0.1) is 23.1 Å². The Bertz CT molecular complexity index is 1710. The molecule has 45 heavy (non-hydrogen) atoms. The van der Waals surface area contributed by atoms with Gasteiger partial charge in [-0.2, -0.15) is 13.2 Å². The zero-order chi connectivity index (χ0) is 33.5. The number of thiophene rings is 1. The summed E-state index contributed by atoms with van der Waals surface area (Å²) in [6.45, 7) is 1.94. The number of benzene rings is 2. The molecule has 0 bridgehead atoms. The molecule has 3 rings (SSSR count). The van der Waals surface area contributed by atoms with Crippen molar-refractivity contribution >= 4 is 62.4 Å². The average molecular weight is 686 g/mol. The fourth-order valence-electron chi connectivity index (χ4n) is 4.12. The number of alkyl halides is 3. The standard InChI is InChI=1S/C28H30F3N5O6S3/c1-15-7-5-11-19(36-27(39)35-12-4-3-10-18(32)24(37)42-26(38)28(29,30)31)22(15)16-8-6-9-17(13-16)45(40,41)21-14-20(23(33)34)44-25(21)43-2/h5-9,11,13-14,18H,3-4,10,12,32H2,1-2H3,(H3,33,34)(H2,35,36,39). The molecule has 11 nitrogen and oxygen atoms in total. The highest BCUT2D eigenvalue weighted by Crippen LogP contribution is 2.39. The number of unbranched alkanes of at least 4 members (excludes halogenated alkanes) is 1. The number of rotatable bonds is 12. The molecule has 0 fully saturated rings. The molecule has 0 aliphatic carbocycles. The zero-order valence-electron chi connectivity index (χ0n) is 24.0. The fraction of sp³-hybridized carbons (Fsp3) is 0.286. The van der Waals surface area contributed by atoms with Crippen LogP contribution in [0.25, 0.3) is 11.1 Å². The molecule has 1 unspecified atom stereocenters. The summed E-state index contributed by atoms with van der Waals surface area (Å²) in [5, 5.41) is 13.1. The number of nitrogens with one attached hydrogen (secondary N) is 3. The Kier molecular flexibility index (Phi) is 11.8. The van der Waals surface area contributed by atoms with Crippen LogP contribution in [0.4, 0.5) is 23.7 Å². The molecular formula is C28H30F3N5O6S3. The van der Waals surface area contributed by atoms with E-state index in [-0.39, 0.29) is 35.0 Å². The second-order valence-electron chi connectivity index (χ2n) is 9.60. The summed E-state index contributed by atoms with van der Waals surface area (Å²) in [5.74, 6) is -4.36. The van der Waals surface area contributed by atoms with Gasteiger partial charge in [-0.1, -0.05) is 24.3 Å². The first-order valence-corrected chi connectivity index (χ1v) is 16.7. The molecular weight excluding hydrogens is 656 g/mol. The maximum atomic E-state index is 13.6. The van der Waals surface area contributed by atoms with E-state index in [0.717, 1.165) is 16.9 Å². The molecule has 1 aromatic heterocycles. The molecule has 0 spiro atoms. The summed E-state index contributed by atoms with van der Waals surface area (Å²) in [4.78, 5) is 35.4. The smallest absolute Gasteiger partial charge is 0.385 e. The van der Waals surface area contributed by atoms with Gasteiger partial charge in [0.25, 0.3) is 0 Å². The first-order valence-electron chi connectivity index (χ1n) is 13.2. The third kappa shape index (κ3) is 9.06. The van der Waals surface area contributed by atoms with E-state index in [4.69, 9.17) is 16.9 Å². The van der Waals surface area contributed by atoms with Gasteiger partial charge in [0.05, 0.1) is 24.6 Å². The van der Waals surface area contributed by atoms with Gasteiger partial charge in [-0.05, 0) is 67.8 Å². The third-order valence-corrected chi connectivity index (χ3v) is 10.7. The van der Waals surface area contributed by atoms with Gasteiger partial charge < -0.3 is 26.8 Å². The van der Waals surface area contributed by atoms with Crippen LogP contribution in [0.2, 0.25) is 0 Å². The van der Waals surface area contributed by atoms with Crippen molar-refractivity contribution in [1.29, 1.82) is 5.41 Å². The van der Waals surface area contributed by atoms with Crippen molar-refractivity contribution in [2.75, 3.05) is 18.1 Å². The zero-order valence-corrected chi connectivity index (χ0v) is 26.4. The first kappa shape index (κ1) is 35.5. The van der Waals surface area contributed by atoms with E-state index in [9.17, 15) is 36.0 Å². The summed E-state index contributed by atoms with van der Waals surface area (Å²) >= 11 is 2.36. The fourth-order valence-corrected chi connectivity index (χ4v) is 8.02. The largest absolute Gasteiger partial charge is 0.491 e. The quantitative estimate of drug-likeness (QED) is 0.0444. The van der Waals surface area contributed by atoms with E-state index in [1.54, 1.807) is 43.5 Å². The normalized spacial score (nSPS) is 12.3. The van der Waals surface area contributed by atoms with Crippen molar-refractivity contribution in [3.8, 4) is 11.1 Å². The molecule has 0 saturated heterocycles. The van der Waals surface area contributed by atoms with Gasteiger partial charge in [0.2, 0.25) is 9.84 Å². The van der Waals surface area contributed by atoms with Crippen LogP contribution in [0.5, 0.6) is 0 Å². The van der Waals surface area contributed by atoms with Crippen molar-refractivity contribution in [2.24, 2.45) is 11.5 Å². The van der Waals surface area contributed by atoms with Crippen LogP contribution in [0.3, 0.4) is 0 Å². The summed E-state index contributed by atoms with van der Waals surface area (Å²) in [6, 6.07) is 10.8. The van der Waals surface area contributed by atoms with Gasteiger partial charge >= 0.3 is 24.1 Å². The lowest BCUT2D eigenvalue weighted by Crippen LogP contribution is -2.37. The van der Waals surface area contributed by atoms with Crippen LogP contribution in [0.1, 0.15) is 29.7 Å². The molecule has 1 heterocycles. The van der Waals surface area contributed by atoms with E-state index in [2.05, 4.69) is 15.4 Å². The maximum Gasteiger partial charge on any atom is 0.491 e. The Balaban J connectivity index is 1.68. The lowest BCUT2D eigenvalue weighted by Gasteiger charge is -2.16. The number of ether oxygens (including phenoxy) is 1. The number of hydrogen-bond donors (Lipinski definition) is 5. The highest BCUT2D eigenvalue weighted by molar-refractivity contribution is 8.01. The number of nitrogens with two attached hydrogens (primary N) is 2. The van der Waals surface area contributed by atoms with E-state index >= 15 is 0 Å². The number of sulfone groups is 1. The number of urea groups is 1. The van der Waals surface area contributed by atoms with E-state index < -0.39 is 40.0 Å². The van der Waals surface area contributed by atoms with Gasteiger partial charge in [-0.3, -0.25) is 5.41 Å². The molecule has 1 atom stereocenters. The van der Waals surface area contributed by atoms with Crippen molar-refractivity contribution in [3.63, 3.8) is 0 Å². The SMILES string of the molecule is CSc1sc(C(=N)N)cc1S(=O)(=O)c1cccc(-c2c(C)cccc2NC(=O)NCCCCC(N)C(=O)OC(=O)C(F)(F)F)c1. The summed E-state index contributed by atoms with van der Waals surface area (Å²) < 4.78 is 68.2. The van der Waals surface area contributed by atoms with Crippen molar-refractivity contribution < 1.29 is 40.7 Å². The molecule has 0 aliphatic rings. The molecule has 0 aliphatic heterocycles. The predicted octanol–water partition coefficient (Wildman–Crippen LogP) is 4.81. The molecule has 2 aromatic carbocycles. The highest BCUT2D eigenvalue weighted by Gasteiger charge is 2.43. The van der Waals surface area contributed by atoms with Gasteiger partial charge in [0.1, 0.15) is 11.9 Å². The number of hydrogen-bond acceptors (Lipinski definition) is 10. The Morgan fingerprint density at radius 3 is 2.44 bits per heavy atom. The number of amidine groups is 1. The molecule has 0 saturated carbocycles. The Morgan fingerprint density at radius 1 is 1.11 bits per heavy atom. The second kappa shape index (κ2) is 14.9. The molecule has 2 amide bonds. The summed E-state index contributed by atoms with van der Waals surface area (Å²) in [5.41, 5.74) is 13.4. The first-order chi connectivity index (χ1) is 21.1. The molecule has 3 aromatic rings. The van der Waals surface area contributed by atoms with E-state index in [1.807, 2.05) is 0 Å². The maximum absolute atomic E-state index is 13.6. The number of carbonyl (C=O) groups is 3. The number of nitrogen functional groups attached to an aromatic ring is 1. The number of aryl methyl sites for hydroxylation is 1. The van der Waals surface area contributed by atoms with Gasteiger partial charge in [0.15, 0.2) is 0 Å². The minimum atomic E-state index is -5.31. The lowest BCUT2D eigenvalue weighted by molar-refractivity contribution is -0.202. The van der Waals surface area contributed by atoms with Crippen molar-refractivity contribution in [2.45, 2.75) is 52.4 Å². The predicted molar refractivity (Wildman–Crippen MR) is 165 cm³/mol. The minimum Gasteiger partial charge on any atom is -0.385 e. The van der Waals surface area contributed by atoms with Crippen molar-refractivity contribution in [1.82, 2.24) is 5.32 Å². The average Bonchev–Trinajstić information content (AvgIpc) is 3.42. The van der Waals surface area contributed by atoms with Gasteiger partial charge in [-0.25, -0.2) is 22.8 Å². The molecule has 242 valence electrons. The Morgan fingerprint density at radius 2 is 1.80 bits per heavy atom. The summed E-state index contributed by atoms with van der Waals surface area (Å²) in [7, 11) is -3.98. The van der Waals surface area contributed by atoms with E-state index in [0.29, 0.717) is 32.3 Å². The van der Waals surface area contributed by atoms with Gasteiger partial charge in [0, 0.05) is 12.1 Å². The second-order valence-corrected chi connectivity index (χ2v) is 13.6. The van der Waals surface area contributed by atoms with Crippen LogP contribution in [-0.4, -0.2) is 57.2 Å². The number of anilines is 1. The van der Waals surface area contributed by atoms with Crippen LogP contribution in [0, 0.1) is 12.3 Å². The molecule has 0 radical (unpaired) electrons. The highest BCUT2D eigenvalue weighted by atomic mass is 32.2. The number of halogens is 3. The third-order valence-electron chi connectivity index (χ3n) is 6.32. The van der Waals surface area contributed by atoms with E-state index in [1.165, 1.54) is 30.0 Å². The number of thioether (sulfide) groups is 1. The van der Waals surface area contributed by atoms with Crippen molar-refractivity contribution in [3.05, 3.63) is 59.0 Å². The molecule has 17 heteroatoms. The number of amides is 2. The topological polar surface area (TPSA) is 195 Å². The Labute approximate surface area is 265 Å². The van der Waals surface area contributed by atoms with Crippen LogP contribution in [-0.2, 0) is 24.2 Å².